The molecule has 0 unspecified atom stereocenters. The highest BCUT2D eigenvalue weighted by atomic mass is 16.3. The number of anilines is 1. The van der Waals surface area contributed by atoms with Gasteiger partial charge in [-0.05, 0) is 31.0 Å². The fourth-order valence-electron chi connectivity index (χ4n) is 1.73. The van der Waals surface area contributed by atoms with Crippen molar-refractivity contribution in [1.29, 1.82) is 0 Å². The predicted molar refractivity (Wildman–Crippen MR) is 69.8 cm³/mol. The predicted octanol–water partition coefficient (Wildman–Crippen LogP) is 2.66. The van der Waals surface area contributed by atoms with E-state index in [1.54, 1.807) is 0 Å². The molecule has 92 valence electrons. The molecule has 1 heterocycles. The van der Waals surface area contributed by atoms with Crippen molar-refractivity contribution in [1.82, 2.24) is 4.98 Å². The molecule has 1 amide bonds. The quantitative estimate of drug-likeness (QED) is 0.851. The van der Waals surface area contributed by atoms with E-state index in [9.17, 15) is 9.90 Å². The van der Waals surface area contributed by atoms with Crippen LogP contribution in [0, 0.1) is 13.8 Å². The second-order valence-corrected chi connectivity index (χ2v) is 4.12. The van der Waals surface area contributed by atoms with Gasteiger partial charge in [0, 0.05) is 18.0 Å². The van der Waals surface area contributed by atoms with Crippen LogP contribution in [0.4, 0.5) is 5.69 Å². The van der Waals surface area contributed by atoms with E-state index >= 15 is 0 Å². The standard InChI is InChI=1S/C14H14N2O2/c1-9-4-3-5-10(2)13(9)16-14(18)12-8-11(17)6-7-15-12/h3-8H,1-2H3,(H,15,17)(H,16,18). The van der Waals surface area contributed by atoms with E-state index in [-0.39, 0.29) is 17.4 Å². The van der Waals surface area contributed by atoms with Gasteiger partial charge in [0.15, 0.2) is 0 Å². The van der Waals surface area contributed by atoms with Gasteiger partial charge in [-0.1, -0.05) is 18.2 Å². The van der Waals surface area contributed by atoms with E-state index in [4.69, 9.17) is 0 Å². The number of aromatic hydroxyl groups is 1. The lowest BCUT2D eigenvalue weighted by atomic mass is 10.1. The number of pyridine rings is 1. The van der Waals surface area contributed by atoms with Gasteiger partial charge in [0.05, 0.1) is 0 Å². The van der Waals surface area contributed by atoms with Crippen molar-refractivity contribution in [2.45, 2.75) is 13.8 Å². The van der Waals surface area contributed by atoms with E-state index in [2.05, 4.69) is 10.3 Å². The number of nitrogens with one attached hydrogen (secondary N) is 1. The van der Waals surface area contributed by atoms with Crippen LogP contribution in [0.5, 0.6) is 5.75 Å². The summed E-state index contributed by atoms with van der Waals surface area (Å²) in [6, 6.07) is 8.56. The number of hydrogen-bond acceptors (Lipinski definition) is 3. The third-order valence-corrected chi connectivity index (χ3v) is 2.70. The minimum atomic E-state index is -0.330. The smallest absolute Gasteiger partial charge is 0.274 e. The van der Waals surface area contributed by atoms with Crippen LogP contribution in [0.25, 0.3) is 0 Å². The fourth-order valence-corrected chi connectivity index (χ4v) is 1.73. The lowest BCUT2D eigenvalue weighted by molar-refractivity contribution is 0.102. The van der Waals surface area contributed by atoms with Crippen molar-refractivity contribution in [3.63, 3.8) is 0 Å². The monoisotopic (exact) mass is 242 g/mol. The van der Waals surface area contributed by atoms with E-state index in [1.165, 1.54) is 18.3 Å². The maximum absolute atomic E-state index is 12.0. The number of carbonyl (C=O) groups excluding carboxylic acids is 1. The molecule has 2 rings (SSSR count). The van der Waals surface area contributed by atoms with Gasteiger partial charge in [0.2, 0.25) is 0 Å². The van der Waals surface area contributed by atoms with Crippen LogP contribution in [0.3, 0.4) is 0 Å². The Hall–Kier alpha value is -2.36. The zero-order valence-electron chi connectivity index (χ0n) is 10.3. The Morgan fingerprint density at radius 1 is 1.22 bits per heavy atom. The SMILES string of the molecule is Cc1cccc(C)c1NC(=O)c1cc(O)ccn1. The third-order valence-electron chi connectivity index (χ3n) is 2.70. The van der Waals surface area contributed by atoms with Crippen molar-refractivity contribution in [3.8, 4) is 5.75 Å². The van der Waals surface area contributed by atoms with E-state index in [1.807, 2.05) is 32.0 Å². The molecule has 0 bridgehead atoms. The summed E-state index contributed by atoms with van der Waals surface area (Å²) in [6.07, 6.45) is 1.40. The molecule has 0 aliphatic rings. The maximum Gasteiger partial charge on any atom is 0.274 e. The van der Waals surface area contributed by atoms with Crippen molar-refractivity contribution in [2.24, 2.45) is 0 Å². The summed E-state index contributed by atoms with van der Waals surface area (Å²) < 4.78 is 0. The Kier molecular flexibility index (Phi) is 3.28. The van der Waals surface area contributed by atoms with Gasteiger partial charge in [-0.25, -0.2) is 0 Å². The molecule has 0 aliphatic heterocycles. The largest absolute Gasteiger partial charge is 0.508 e. The number of hydrogen-bond donors (Lipinski definition) is 2. The van der Waals surface area contributed by atoms with Gasteiger partial charge in [-0.3, -0.25) is 9.78 Å². The van der Waals surface area contributed by atoms with Crippen LogP contribution >= 0.6 is 0 Å². The Morgan fingerprint density at radius 2 is 1.89 bits per heavy atom. The summed E-state index contributed by atoms with van der Waals surface area (Å²) in [5.74, 6) is -0.306. The molecule has 18 heavy (non-hydrogen) atoms. The molecule has 4 heteroatoms. The number of aromatic nitrogens is 1. The van der Waals surface area contributed by atoms with Gasteiger partial charge in [0.1, 0.15) is 11.4 Å². The molecule has 0 aliphatic carbocycles. The number of carbonyl (C=O) groups is 1. The summed E-state index contributed by atoms with van der Waals surface area (Å²) in [6.45, 7) is 3.86. The van der Waals surface area contributed by atoms with Crippen molar-refractivity contribution >= 4 is 11.6 Å². The molecule has 2 N–H and O–H groups in total. The van der Waals surface area contributed by atoms with Gasteiger partial charge < -0.3 is 10.4 Å². The number of para-hydroxylation sites is 1. The molecule has 4 nitrogen and oxygen atoms in total. The molecule has 2 aromatic rings. The highest BCUT2D eigenvalue weighted by Crippen LogP contribution is 2.20. The molecular formula is C14H14N2O2. The number of benzene rings is 1. The number of rotatable bonds is 2. The van der Waals surface area contributed by atoms with E-state index in [0.717, 1.165) is 16.8 Å². The third kappa shape index (κ3) is 2.48. The Morgan fingerprint density at radius 3 is 2.50 bits per heavy atom. The minimum Gasteiger partial charge on any atom is -0.508 e. The molecule has 0 radical (unpaired) electrons. The average Bonchev–Trinajstić information content (AvgIpc) is 2.34. The topological polar surface area (TPSA) is 62.2 Å². The van der Waals surface area contributed by atoms with Crippen LogP contribution in [0.1, 0.15) is 21.6 Å². The van der Waals surface area contributed by atoms with Gasteiger partial charge in [0.25, 0.3) is 5.91 Å². The van der Waals surface area contributed by atoms with Crippen LogP contribution < -0.4 is 5.32 Å². The number of amides is 1. The summed E-state index contributed by atoms with van der Waals surface area (Å²) in [5.41, 5.74) is 2.96. The van der Waals surface area contributed by atoms with Gasteiger partial charge in [-0.15, -0.1) is 0 Å². The van der Waals surface area contributed by atoms with E-state index < -0.39 is 0 Å². The van der Waals surface area contributed by atoms with Crippen LogP contribution in [0.15, 0.2) is 36.5 Å². The molecule has 1 aromatic carbocycles. The molecule has 0 fully saturated rings. The Balaban J connectivity index is 2.27. The molecule has 0 saturated carbocycles. The molecule has 0 spiro atoms. The first-order valence-electron chi connectivity index (χ1n) is 5.60. The molecular weight excluding hydrogens is 228 g/mol. The van der Waals surface area contributed by atoms with Crippen molar-refractivity contribution in [2.75, 3.05) is 5.32 Å². The summed E-state index contributed by atoms with van der Waals surface area (Å²) in [4.78, 5) is 15.9. The van der Waals surface area contributed by atoms with Gasteiger partial charge in [-0.2, -0.15) is 0 Å². The van der Waals surface area contributed by atoms with Gasteiger partial charge >= 0.3 is 0 Å². The van der Waals surface area contributed by atoms with Crippen LogP contribution in [-0.4, -0.2) is 16.0 Å². The van der Waals surface area contributed by atoms with Crippen LogP contribution in [-0.2, 0) is 0 Å². The first-order chi connectivity index (χ1) is 8.58. The first-order valence-corrected chi connectivity index (χ1v) is 5.60. The molecule has 0 atom stereocenters. The average molecular weight is 242 g/mol. The van der Waals surface area contributed by atoms with E-state index in [0.29, 0.717) is 0 Å². The number of nitrogens with zero attached hydrogens (tertiary/aromatic N) is 1. The maximum atomic E-state index is 12.0. The second-order valence-electron chi connectivity index (χ2n) is 4.12. The lowest BCUT2D eigenvalue weighted by Crippen LogP contribution is -2.15. The Labute approximate surface area is 105 Å². The zero-order chi connectivity index (χ0) is 13.1. The Bertz CT molecular complexity index is 574. The number of aryl methyl sites for hydroxylation is 2. The normalized spacial score (nSPS) is 10.1. The molecule has 0 saturated heterocycles. The highest BCUT2D eigenvalue weighted by Gasteiger charge is 2.11. The summed E-state index contributed by atoms with van der Waals surface area (Å²) >= 11 is 0. The van der Waals surface area contributed by atoms with Crippen LogP contribution in [0.2, 0.25) is 0 Å². The summed E-state index contributed by atoms with van der Waals surface area (Å²) in [5, 5.41) is 12.1. The second kappa shape index (κ2) is 4.87. The van der Waals surface area contributed by atoms with Crippen molar-refractivity contribution < 1.29 is 9.90 Å². The highest BCUT2D eigenvalue weighted by molar-refractivity contribution is 6.03. The lowest BCUT2D eigenvalue weighted by Gasteiger charge is -2.10. The minimum absolute atomic E-state index is 0.0247. The zero-order valence-corrected chi connectivity index (χ0v) is 10.3. The fraction of sp³-hybridized carbons (Fsp3) is 0.143. The first kappa shape index (κ1) is 12.1. The molecule has 1 aromatic heterocycles. The van der Waals surface area contributed by atoms with Crippen molar-refractivity contribution in [3.05, 3.63) is 53.3 Å². The summed E-state index contributed by atoms with van der Waals surface area (Å²) in [7, 11) is 0.